The average molecular weight is 192 g/mol. The highest BCUT2D eigenvalue weighted by molar-refractivity contribution is 5.59. The number of methoxy groups -OCH3 is 1. The fourth-order valence-corrected chi connectivity index (χ4v) is 1.90. The molecule has 0 bridgehead atoms. The summed E-state index contributed by atoms with van der Waals surface area (Å²) in [5.74, 6) is 0.932. The van der Waals surface area contributed by atoms with Crippen LogP contribution in [0.2, 0.25) is 0 Å². The summed E-state index contributed by atoms with van der Waals surface area (Å²) in [5.41, 5.74) is 7.03. The minimum absolute atomic E-state index is 0.305. The molecule has 1 heterocycles. The van der Waals surface area contributed by atoms with Crippen LogP contribution in [0.3, 0.4) is 0 Å². The van der Waals surface area contributed by atoms with Crippen LogP contribution in [0.25, 0.3) is 0 Å². The molecule has 3 nitrogen and oxygen atoms in total. The first-order valence-corrected chi connectivity index (χ1v) is 4.95. The maximum atomic E-state index is 5.87. The normalized spacial score (nSPS) is 21.3. The van der Waals surface area contributed by atoms with Crippen molar-refractivity contribution in [3.05, 3.63) is 24.3 Å². The van der Waals surface area contributed by atoms with Crippen molar-refractivity contribution < 1.29 is 4.74 Å². The fraction of sp³-hybridized carbons (Fsp3) is 0.455. The Morgan fingerprint density at radius 1 is 1.43 bits per heavy atom. The molecular weight excluding hydrogens is 176 g/mol. The van der Waals surface area contributed by atoms with E-state index < -0.39 is 0 Å². The van der Waals surface area contributed by atoms with Crippen LogP contribution in [0, 0.1) is 0 Å². The van der Waals surface area contributed by atoms with E-state index in [0.29, 0.717) is 6.04 Å². The third kappa shape index (κ3) is 1.68. The Kier molecular flexibility index (Phi) is 2.59. The third-order valence-electron chi connectivity index (χ3n) is 2.65. The average Bonchev–Trinajstić information content (AvgIpc) is 2.65. The van der Waals surface area contributed by atoms with Crippen LogP contribution < -0.4 is 15.4 Å². The van der Waals surface area contributed by atoms with Gasteiger partial charge in [-0.25, -0.2) is 0 Å². The Balaban J connectivity index is 2.22. The van der Waals surface area contributed by atoms with Crippen molar-refractivity contribution in [2.75, 3.05) is 25.1 Å². The molecule has 1 aliphatic heterocycles. The Labute approximate surface area is 84.5 Å². The number of anilines is 1. The summed E-state index contributed by atoms with van der Waals surface area (Å²) < 4.78 is 5.31. The van der Waals surface area contributed by atoms with Gasteiger partial charge in [-0.1, -0.05) is 12.1 Å². The van der Waals surface area contributed by atoms with Crippen molar-refractivity contribution in [1.82, 2.24) is 0 Å². The zero-order chi connectivity index (χ0) is 9.97. The quantitative estimate of drug-likeness (QED) is 0.766. The molecule has 0 amide bonds. The third-order valence-corrected chi connectivity index (χ3v) is 2.65. The first-order valence-electron chi connectivity index (χ1n) is 4.95. The lowest BCUT2D eigenvalue weighted by Gasteiger charge is -2.20. The second-order valence-electron chi connectivity index (χ2n) is 3.67. The van der Waals surface area contributed by atoms with E-state index in [1.807, 2.05) is 18.2 Å². The molecule has 3 heteroatoms. The molecule has 1 atom stereocenters. The SMILES string of the molecule is COc1ccccc1N1CC[C@H](N)C1. The summed E-state index contributed by atoms with van der Waals surface area (Å²) in [6.07, 6.45) is 1.07. The Morgan fingerprint density at radius 2 is 2.21 bits per heavy atom. The van der Waals surface area contributed by atoms with Crippen LogP contribution in [-0.4, -0.2) is 26.2 Å². The van der Waals surface area contributed by atoms with Crippen LogP contribution in [0.1, 0.15) is 6.42 Å². The van der Waals surface area contributed by atoms with Gasteiger partial charge in [0.1, 0.15) is 5.75 Å². The highest BCUT2D eigenvalue weighted by Gasteiger charge is 2.21. The summed E-state index contributed by atoms with van der Waals surface area (Å²) in [5, 5.41) is 0. The van der Waals surface area contributed by atoms with Crippen molar-refractivity contribution in [2.24, 2.45) is 5.73 Å². The molecule has 76 valence electrons. The van der Waals surface area contributed by atoms with E-state index in [0.717, 1.165) is 30.9 Å². The molecule has 1 saturated heterocycles. The standard InChI is InChI=1S/C11H16N2O/c1-14-11-5-3-2-4-10(11)13-7-6-9(12)8-13/h2-5,9H,6-8,12H2,1H3/t9-/m0/s1. The smallest absolute Gasteiger partial charge is 0.142 e. The maximum absolute atomic E-state index is 5.87. The molecule has 14 heavy (non-hydrogen) atoms. The molecule has 0 radical (unpaired) electrons. The summed E-state index contributed by atoms with van der Waals surface area (Å²) in [6, 6.07) is 8.38. The Hall–Kier alpha value is -1.22. The van der Waals surface area contributed by atoms with Gasteiger partial charge in [0.05, 0.1) is 12.8 Å². The molecule has 0 spiro atoms. The van der Waals surface area contributed by atoms with Crippen LogP contribution in [0.5, 0.6) is 5.75 Å². The minimum Gasteiger partial charge on any atom is -0.495 e. The van der Waals surface area contributed by atoms with Gasteiger partial charge >= 0.3 is 0 Å². The van der Waals surface area contributed by atoms with Gasteiger partial charge < -0.3 is 15.4 Å². The van der Waals surface area contributed by atoms with Crippen molar-refractivity contribution in [1.29, 1.82) is 0 Å². The maximum Gasteiger partial charge on any atom is 0.142 e. The molecule has 0 aromatic heterocycles. The first-order chi connectivity index (χ1) is 6.81. The topological polar surface area (TPSA) is 38.5 Å². The molecule has 0 unspecified atom stereocenters. The van der Waals surface area contributed by atoms with Gasteiger partial charge in [0.2, 0.25) is 0 Å². The first kappa shape index (κ1) is 9.34. The molecule has 2 rings (SSSR count). The largest absolute Gasteiger partial charge is 0.495 e. The van der Waals surface area contributed by atoms with Gasteiger partial charge in [0, 0.05) is 19.1 Å². The molecule has 2 N–H and O–H groups in total. The van der Waals surface area contributed by atoms with Crippen LogP contribution in [-0.2, 0) is 0 Å². The Bertz CT molecular complexity index is 314. The van der Waals surface area contributed by atoms with Crippen molar-refractivity contribution in [3.8, 4) is 5.75 Å². The molecule has 0 saturated carbocycles. The monoisotopic (exact) mass is 192 g/mol. The van der Waals surface area contributed by atoms with Crippen molar-refractivity contribution >= 4 is 5.69 Å². The zero-order valence-corrected chi connectivity index (χ0v) is 8.44. The Morgan fingerprint density at radius 3 is 2.86 bits per heavy atom. The highest BCUT2D eigenvalue weighted by atomic mass is 16.5. The van der Waals surface area contributed by atoms with Gasteiger partial charge in [-0.05, 0) is 18.6 Å². The van der Waals surface area contributed by atoms with Gasteiger partial charge in [-0.2, -0.15) is 0 Å². The van der Waals surface area contributed by atoms with Crippen LogP contribution >= 0.6 is 0 Å². The molecule has 1 aromatic carbocycles. The lowest BCUT2D eigenvalue weighted by molar-refractivity contribution is 0.415. The molecule has 1 fully saturated rings. The summed E-state index contributed by atoms with van der Waals surface area (Å²) in [7, 11) is 1.70. The molecule has 1 aliphatic rings. The van der Waals surface area contributed by atoms with Gasteiger partial charge in [0.25, 0.3) is 0 Å². The number of ether oxygens (including phenoxy) is 1. The van der Waals surface area contributed by atoms with E-state index in [1.165, 1.54) is 0 Å². The van der Waals surface area contributed by atoms with E-state index >= 15 is 0 Å². The van der Waals surface area contributed by atoms with Gasteiger partial charge in [0.15, 0.2) is 0 Å². The van der Waals surface area contributed by atoms with E-state index in [9.17, 15) is 0 Å². The molecular formula is C11H16N2O. The number of hydrogen-bond donors (Lipinski definition) is 1. The van der Waals surface area contributed by atoms with E-state index in [2.05, 4.69) is 11.0 Å². The second-order valence-corrected chi connectivity index (χ2v) is 3.67. The predicted molar refractivity (Wildman–Crippen MR) is 57.8 cm³/mol. The highest BCUT2D eigenvalue weighted by Crippen LogP contribution is 2.29. The fourth-order valence-electron chi connectivity index (χ4n) is 1.90. The van der Waals surface area contributed by atoms with E-state index in [-0.39, 0.29) is 0 Å². The zero-order valence-electron chi connectivity index (χ0n) is 8.44. The summed E-state index contributed by atoms with van der Waals surface area (Å²) >= 11 is 0. The number of hydrogen-bond acceptors (Lipinski definition) is 3. The lowest BCUT2D eigenvalue weighted by Crippen LogP contribution is -2.26. The number of benzene rings is 1. The number of nitrogens with two attached hydrogens (primary N) is 1. The van der Waals surface area contributed by atoms with Crippen LogP contribution in [0.15, 0.2) is 24.3 Å². The van der Waals surface area contributed by atoms with Crippen molar-refractivity contribution in [3.63, 3.8) is 0 Å². The van der Waals surface area contributed by atoms with E-state index in [4.69, 9.17) is 10.5 Å². The second kappa shape index (κ2) is 3.88. The number of para-hydroxylation sites is 2. The molecule has 1 aromatic rings. The molecule has 0 aliphatic carbocycles. The minimum atomic E-state index is 0.305. The lowest BCUT2D eigenvalue weighted by atomic mass is 10.2. The summed E-state index contributed by atoms with van der Waals surface area (Å²) in [6.45, 7) is 1.96. The van der Waals surface area contributed by atoms with E-state index in [1.54, 1.807) is 7.11 Å². The van der Waals surface area contributed by atoms with Crippen molar-refractivity contribution in [2.45, 2.75) is 12.5 Å². The van der Waals surface area contributed by atoms with Gasteiger partial charge in [-0.3, -0.25) is 0 Å². The predicted octanol–water partition coefficient (Wildman–Crippen LogP) is 1.23. The summed E-state index contributed by atoms with van der Waals surface area (Å²) in [4.78, 5) is 2.28. The number of rotatable bonds is 2. The van der Waals surface area contributed by atoms with Crippen LogP contribution in [0.4, 0.5) is 5.69 Å². The number of nitrogens with zero attached hydrogens (tertiary/aromatic N) is 1. The van der Waals surface area contributed by atoms with Gasteiger partial charge in [-0.15, -0.1) is 0 Å².